The number of hydrogen-bond acceptors (Lipinski definition) is 5. The molecule has 0 saturated heterocycles. The lowest BCUT2D eigenvalue weighted by Crippen LogP contribution is -2.46. The van der Waals surface area contributed by atoms with Gasteiger partial charge in [0.15, 0.2) is 0 Å². The second-order valence-corrected chi connectivity index (χ2v) is 9.79. The van der Waals surface area contributed by atoms with E-state index < -0.39 is 6.04 Å². The van der Waals surface area contributed by atoms with Crippen LogP contribution < -0.4 is 4.74 Å². The van der Waals surface area contributed by atoms with E-state index in [1.165, 1.54) is 0 Å². The maximum Gasteiger partial charge on any atom is 0.238 e. The number of methoxy groups -OCH3 is 1. The molecule has 1 aromatic rings. The first-order valence-electron chi connectivity index (χ1n) is 10.5. The minimum absolute atomic E-state index is 0.0916. The summed E-state index contributed by atoms with van der Waals surface area (Å²) in [4.78, 5) is 24.6. The Balaban J connectivity index is 1.86. The highest BCUT2D eigenvalue weighted by atomic mass is 16.6. The maximum absolute atomic E-state index is 12.9. The van der Waals surface area contributed by atoms with Gasteiger partial charge in [-0.05, 0) is 63.5 Å². The molecule has 160 valence electrons. The normalized spacial score (nSPS) is 30.7. The fourth-order valence-corrected chi connectivity index (χ4v) is 5.39. The Morgan fingerprint density at radius 3 is 2.66 bits per heavy atom. The monoisotopic (exact) mass is 403 g/mol. The third kappa shape index (κ3) is 4.47. The van der Waals surface area contributed by atoms with Gasteiger partial charge < -0.3 is 9.47 Å². The van der Waals surface area contributed by atoms with Crippen molar-refractivity contribution in [3.8, 4) is 5.75 Å². The quantitative estimate of drug-likeness (QED) is 0.494. The molecule has 29 heavy (non-hydrogen) atoms. The van der Waals surface area contributed by atoms with Crippen molar-refractivity contribution in [1.82, 2.24) is 0 Å². The molecule has 1 aromatic carbocycles. The highest BCUT2D eigenvalue weighted by molar-refractivity contribution is 5.82. The second kappa shape index (κ2) is 8.05. The first kappa shape index (κ1) is 21.8. The summed E-state index contributed by atoms with van der Waals surface area (Å²) < 4.78 is 11.6. The van der Waals surface area contributed by atoms with Crippen LogP contribution in [0.15, 0.2) is 24.3 Å². The van der Waals surface area contributed by atoms with E-state index in [4.69, 9.17) is 9.47 Å². The summed E-state index contributed by atoms with van der Waals surface area (Å²) in [6.45, 7) is 8.38. The zero-order valence-corrected chi connectivity index (χ0v) is 18.1. The molecule has 0 heterocycles. The third-order valence-electron chi connectivity index (χ3n) is 6.84. The first-order valence-corrected chi connectivity index (χ1v) is 10.5. The van der Waals surface area contributed by atoms with Gasteiger partial charge in [0.2, 0.25) is 6.04 Å². The van der Waals surface area contributed by atoms with Gasteiger partial charge in [0, 0.05) is 29.2 Å². The number of Topliss-reactive ketones (excluding diaryl/α,β-unsaturated/α-hetero) is 1. The number of ether oxygens (including phenoxy) is 2. The van der Waals surface area contributed by atoms with Crippen LogP contribution in [0, 0.1) is 27.4 Å². The number of fused-ring (bicyclic) bond motifs is 1. The molecule has 3 rings (SSSR count). The molecular formula is C23H33NO5. The van der Waals surface area contributed by atoms with E-state index in [9.17, 15) is 14.9 Å². The van der Waals surface area contributed by atoms with Crippen molar-refractivity contribution >= 4 is 5.78 Å². The molecule has 0 bridgehead atoms. The van der Waals surface area contributed by atoms with E-state index in [2.05, 4.69) is 27.7 Å². The van der Waals surface area contributed by atoms with Crippen LogP contribution in [0.2, 0.25) is 0 Å². The third-order valence-corrected chi connectivity index (χ3v) is 6.84. The Morgan fingerprint density at radius 1 is 1.31 bits per heavy atom. The molecule has 2 aliphatic rings. The fourth-order valence-electron chi connectivity index (χ4n) is 5.39. The SMILES string of the molecule is COc1cccc(C(C[C@@H]2C(=O)CC[C@]3(C)[C@@H](OC(C)(C)C)CC[C@@H]23)[N+](=O)[O-])c1. The summed E-state index contributed by atoms with van der Waals surface area (Å²) >= 11 is 0. The van der Waals surface area contributed by atoms with E-state index in [1.807, 2.05) is 0 Å². The highest BCUT2D eigenvalue weighted by Crippen LogP contribution is 2.56. The second-order valence-electron chi connectivity index (χ2n) is 9.79. The van der Waals surface area contributed by atoms with Crippen LogP contribution in [0.25, 0.3) is 0 Å². The number of nitrogens with zero attached hydrogens (tertiary/aromatic N) is 1. The maximum atomic E-state index is 12.9. The lowest BCUT2D eigenvalue weighted by atomic mass is 9.61. The Morgan fingerprint density at radius 2 is 2.03 bits per heavy atom. The Kier molecular flexibility index (Phi) is 6.04. The van der Waals surface area contributed by atoms with Crippen LogP contribution in [-0.2, 0) is 9.53 Å². The standard InChI is InChI=1S/C23H33NO5/c1-22(2,3)29-21-10-9-18-17(20(25)11-12-23(18,21)4)14-19(24(26)27)15-7-6-8-16(13-15)28-5/h6-8,13,17-19,21H,9-12,14H2,1-5H3/t17-,18-,19?,21-,23-/m0/s1. The molecule has 0 radical (unpaired) electrons. The number of rotatable bonds is 6. The van der Waals surface area contributed by atoms with Gasteiger partial charge in [0.25, 0.3) is 0 Å². The van der Waals surface area contributed by atoms with Crippen LogP contribution in [0.5, 0.6) is 5.75 Å². The number of benzene rings is 1. The van der Waals surface area contributed by atoms with Crippen LogP contribution in [0.4, 0.5) is 0 Å². The van der Waals surface area contributed by atoms with E-state index in [0.29, 0.717) is 17.7 Å². The van der Waals surface area contributed by atoms with Crippen molar-refractivity contribution < 1.29 is 19.2 Å². The fraction of sp³-hybridized carbons (Fsp3) is 0.696. The van der Waals surface area contributed by atoms with Gasteiger partial charge in [-0.15, -0.1) is 0 Å². The van der Waals surface area contributed by atoms with Crippen molar-refractivity contribution in [3.05, 3.63) is 39.9 Å². The molecular weight excluding hydrogens is 370 g/mol. The number of carbonyl (C=O) groups is 1. The van der Waals surface area contributed by atoms with Gasteiger partial charge in [0.1, 0.15) is 11.5 Å². The molecule has 0 spiro atoms. The molecule has 2 fully saturated rings. The number of ketones is 1. The largest absolute Gasteiger partial charge is 0.497 e. The Hall–Kier alpha value is -1.95. The van der Waals surface area contributed by atoms with Crippen molar-refractivity contribution in [2.45, 2.75) is 77.5 Å². The number of hydrogen-bond donors (Lipinski definition) is 0. The van der Waals surface area contributed by atoms with Crippen LogP contribution in [0.3, 0.4) is 0 Å². The van der Waals surface area contributed by atoms with E-state index in [0.717, 1.165) is 19.3 Å². The van der Waals surface area contributed by atoms with Gasteiger partial charge in [-0.3, -0.25) is 14.9 Å². The van der Waals surface area contributed by atoms with Gasteiger partial charge in [0.05, 0.1) is 18.8 Å². The minimum Gasteiger partial charge on any atom is -0.497 e. The smallest absolute Gasteiger partial charge is 0.238 e. The van der Waals surface area contributed by atoms with Crippen molar-refractivity contribution in [2.24, 2.45) is 17.3 Å². The van der Waals surface area contributed by atoms with Crippen molar-refractivity contribution in [3.63, 3.8) is 0 Å². The van der Waals surface area contributed by atoms with Gasteiger partial charge in [-0.25, -0.2) is 0 Å². The van der Waals surface area contributed by atoms with Crippen LogP contribution in [0.1, 0.15) is 71.4 Å². The summed E-state index contributed by atoms with van der Waals surface area (Å²) in [6, 6.07) is 6.08. The molecule has 0 aliphatic heterocycles. The molecule has 6 heteroatoms. The molecule has 0 N–H and O–H groups in total. The molecule has 0 aromatic heterocycles. The van der Waals surface area contributed by atoms with Crippen LogP contribution in [-0.4, -0.2) is 29.5 Å². The molecule has 1 unspecified atom stereocenters. The number of carbonyl (C=O) groups excluding carboxylic acids is 1. The molecule has 2 saturated carbocycles. The van der Waals surface area contributed by atoms with E-state index in [1.54, 1.807) is 31.4 Å². The molecule has 5 atom stereocenters. The molecule has 2 aliphatic carbocycles. The van der Waals surface area contributed by atoms with E-state index >= 15 is 0 Å². The topological polar surface area (TPSA) is 78.7 Å². The van der Waals surface area contributed by atoms with E-state index in [-0.39, 0.29) is 46.1 Å². The summed E-state index contributed by atoms with van der Waals surface area (Å²) in [6.07, 6.45) is 3.40. The lowest BCUT2D eigenvalue weighted by Gasteiger charge is -2.45. The summed E-state index contributed by atoms with van der Waals surface area (Å²) in [7, 11) is 1.55. The zero-order chi connectivity index (χ0) is 21.4. The summed E-state index contributed by atoms with van der Waals surface area (Å²) in [5.74, 6) is 0.584. The Labute approximate surface area is 173 Å². The van der Waals surface area contributed by atoms with Gasteiger partial charge in [-0.2, -0.15) is 0 Å². The zero-order valence-electron chi connectivity index (χ0n) is 18.1. The highest BCUT2D eigenvalue weighted by Gasteiger charge is 2.56. The average molecular weight is 404 g/mol. The average Bonchev–Trinajstić information content (AvgIpc) is 2.96. The lowest BCUT2D eigenvalue weighted by molar-refractivity contribution is -0.531. The van der Waals surface area contributed by atoms with Crippen LogP contribution >= 0.6 is 0 Å². The van der Waals surface area contributed by atoms with Crippen molar-refractivity contribution in [1.29, 1.82) is 0 Å². The molecule has 0 amide bonds. The van der Waals surface area contributed by atoms with Gasteiger partial charge in [-0.1, -0.05) is 19.1 Å². The first-order chi connectivity index (χ1) is 13.5. The molecule has 6 nitrogen and oxygen atoms in total. The number of nitro groups is 1. The van der Waals surface area contributed by atoms with Gasteiger partial charge >= 0.3 is 0 Å². The predicted molar refractivity (Wildman–Crippen MR) is 111 cm³/mol. The predicted octanol–water partition coefficient (Wildman–Crippen LogP) is 4.98. The minimum atomic E-state index is -0.913. The Bertz CT molecular complexity index is 771. The summed E-state index contributed by atoms with van der Waals surface area (Å²) in [5.41, 5.74) is 0.236. The summed E-state index contributed by atoms with van der Waals surface area (Å²) in [5, 5.41) is 11.9. The van der Waals surface area contributed by atoms with Crippen molar-refractivity contribution in [2.75, 3.05) is 7.11 Å².